The summed E-state index contributed by atoms with van der Waals surface area (Å²) in [6.07, 6.45) is 4.08. The number of hydrogen-bond acceptors (Lipinski definition) is 6. The van der Waals surface area contributed by atoms with Crippen molar-refractivity contribution >= 4 is 5.95 Å². The van der Waals surface area contributed by atoms with Crippen LogP contribution in [0, 0.1) is 19.3 Å². The van der Waals surface area contributed by atoms with Gasteiger partial charge in [-0.1, -0.05) is 13.8 Å². The zero-order valence-corrected chi connectivity index (χ0v) is 16.8. The maximum absolute atomic E-state index is 5.83. The second-order valence-corrected chi connectivity index (χ2v) is 8.60. The van der Waals surface area contributed by atoms with Crippen LogP contribution in [0.4, 0.5) is 5.95 Å². The molecule has 4 rings (SSSR count). The molecule has 27 heavy (non-hydrogen) atoms. The van der Waals surface area contributed by atoms with Crippen LogP contribution >= 0.6 is 0 Å². The molecule has 1 fully saturated rings. The Hall–Kier alpha value is -1.92. The van der Waals surface area contributed by atoms with Gasteiger partial charge in [0.05, 0.1) is 25.5 Å². The van der Waals surface area contributed by atoms with E-state index in [2.05, 4.69) is 42.0 Å². The van der Waals surface area contributed by atoms with Gasteiger partial charge in [0, 0.05) is 30.9 Å². The van der Waals surface area contributed by atoms with E-state index in [9.17, 15) is 0 Å². The Kier molecular flexibility index (Phi) is 4.95. The highest BCUT2D eigenvalue weighted by Crippen LogP contribution is 2.40. The van der Waals surface area contributed by atoms with E-state index in [1.165, 1.54) is 16.8 Å². The molecule has 146 valence electrons. The summed E-state index contributed by atoms with van der Waals surface area (Å²) in [5.41, 5.74) is 3.81. The van der Waals surface area contributed by atoms with Gasteiger partial charge in [-0.05, 0) is 43.7 Å². The summed E-state index contributed by atoms with van der Waals surface area (Å²) in [5, 5.41) is 3.68. The van der Waals surface area contributed by atoms with Crippen molar-refractivity contribution in [3.63, 3.8) is 0 Å². The van der Waals surface area contributed by atoms with Crippen molar-refractivity contribution in [2.24, 2.45) is 5.41 Å². The van der Waals surface area contributed by atoms with E-state index in [1.807, 2.05) is 13.1 Å². The molecule has 0 bridgehead atoms. The lowest BCUT2D eigenvalue weighted by Gasteiger charge is -2.37. The highest BCUT2D eigenvalue weighted by atomic mass is 16.5. The van der Waals surface area contributed by atoms with Gasteiger partial charge < -0.3 is 19.4 Å². The van der Waals surface area contributed by atoms with E-state index in [0.717, 1.165) is 63.2 Å². The zero-order valence-electron chi connectivity index (χ0n) is 16.8. The van der Waals surface area contributed by atoms with Gasteiger partial charge >= 0.3 is 0 Å². The van der Waals surface area contributed by atoms with Crippen molar-refractivity contribution in [1.29, 1.82) is 0 Å². The quantitative estimate of drug-likeness (QED) is 0.891. The van der Waals surface area contributed by atoms with Crippen LogP contribution < -0.4 is 10.2 Å². The van der Waals surface area contributed by atoms with E-state index in [0.29, 0.717) is 0 Å². The van der Waals surface area contributed by atoms with Crippen LogP contribution in [0.2, 0.25) is 0 Å². The SMILES string of the molecule is Cc1cc(CNC2CC(C)(C)Cc3nc(N4CCOCC4)ncc32)oc1C. The molecule has 2 aromatic heterocycles. The Bertz CT molecular complexity index is 789. The number of aryl methyl sites for hydroxylation is 2. The fraction of sp³-hybridized carbons (Fsp3) is 0.619. The Morgan fingerprint density at radius 2 is 2.04 bits per heavy atom. The minimum Gasteiger partial charge on any atom is -0.465 e. The molecular weight excluding hydrogens is 340 g/mol. The van der Waals surface area contributed by atoms with Crippen molar-refractivity contribution in [2.75, 3.05) is 31.2 Å². The number of hydrogen-bond donors (Lipinski definition) is 1. The van der Waals surface area contributed by atoms with E-state index in [1.54, 1.807) is 0 Å². The summed E-state index contributed by atoms with van der Waals surface area (Å²) in [4.78, 5) is 11.9. The lowest BCUT2D eigenvalue weighted by molar-refractivity contribution is 0.122. The molecule has 0 aromatic carbocycles. The maximum Gasteiger partial charge on any atom is 0.225 e. The van der Waals surface area contributed by atoms with E-state index in [-0.39, 0.29) is 11.5 Å². The number of rotatable bonds is 4. The average Bonchev–Trinajstić information content (AvgIpc) is 2.97. The molecular formula is C21H30N4O2. The monoisotopic (exact) mass is 370 g/mol. The number of anilines is 1. The molecule has 3 heterocycles. The highest BCUT2D eigenvalue weighted by Gasteiger charge is 2.34. The molecule has 0 amide bonds. The van der Waals surface area contributed by atoms with Gasteiger partial charge in [-0.25, -0.2) is 9.97 Å². The number of morpholine rings is 1. The fourth-order valence-corrected chi connectivity index (χ4v) is 4.10. The number of aromatic nitrogens is 2. The molecule has 1 saturated heterocycles. The van der Waals surface area contributed by atoms with Gasteiger partial charge in [0.1, 0.15) is 11.5 Å². The van der Waals surface area contributed by atoms with Crippen LogP contribution in [0.1, 0.15) is 54.7 Å². The summed E-state index contributed by atoms with van der Waals surface area (Å²) in [5.74, 6) is 2.82. The minimum atomic E-state index is 0.205. The van der Waals surface area contributed by atoms with Gasteiger partial charge in [-0.15, -0.1) is 0 Å². The molecule has 2 aromatic rings. The lowest BCUT2D eigenvalue weighted by Crippen LogP contribution is -2.38. The van der Waals surface area contributed by atoms with E-state index in [4.69, 9.17) is 14.1 Å². The van der Waals surface area contributed by atoms with Gasteiger partial charge in [-0.2, -0.15) is 0 Å². The van der Waals surface area contributed by atoms with Gasteiger partial charge in [0.15, 0.2) is 0 Å². The third-order valence-corrected chi connectivity index (χ3v) is 5.70. The predicted molar refractivity (Wildman–Crippen MR) is 105 cm³/mol. The van der Waals surface area contributed by atoms with Gasteiger partial charge in [-0.3, -0.25) is 0 Å². The van der Waals surface area contributed by atoms with Crippen LogP contribution in [0.5, 0.6) is 0 Å². The number of nitrogens with one attached hydrogen (secondary N) is 1. The standard InChI is InChI=1S/C21H30N4O2/c1-14-9-16(27-15(14)2)12-22-18-10-21(3,4)11-19-17(18)13-23-20(24-19)25-5-7-26-8-6-25/h9,13,18,22H,5-8,10-12H2,1-4H3. The first-order valence-electron chi connectivity index (χ1n) is 9.89. The fourth-order valence-electron chi connectivity index (χ4n) is 4.10. The van der Waals surface area contributed by atoms with Crippen molar-refractivity contribution in [3.05, 3.63) is 40.6 Å². The summed E-state index contributed by atoms with van der Waals surface area (Å²) in [6, 6.07) is 2.36. The molecule has 1 N–H and O–H groups in total. The van der Waals surface area contributed by atoms with Gasteiger partial charge in [0.2, 0.25) is 5.95 Å². The molecule has 1 aliphatic carbocycles. The Morgan fingerprint density at radius 1 is 1.26 bits per heavy atom. The average molecular weight is 370 g/mol. The number of fused-ring (bicyclic) bond motifs is 1. The van der Waals surface area contributed by atoms with Crippen molar-refractivity contribution in [2.45, 2.75) is 53.1 Å². The topological polar surface area (TPSA) is 63.4 Å². The molecule has 6 heteroatoms. The largest absolute Gasteiger partial charge is 0.465 e. The second-order valence-electron chi connectivity index (χ2n) is 8.60. The predicted octanol–water partition coefficient (Wildman–Crippen LogP) is 3.33. The number of ether oxygens (including phenoxy) is 1. The van der Waals surface area contributed by atoms with Crippen molar-refractivity contribution in [1.82, 2.24) is 15.3 Å². The second kappa shape index (κ2) is 7.24. The zero-order chi connectivity index (χ0) is 19.0. The molecule has 1 unspecified atom stereocenters. The summed E-state index contributed by atoms with van der Waals surface area (Å²) in [6.45, 7) is 12.7. The molecule has 0 spiro atoms. The Morgan fingerprint density at radius 3 is 2.74 bits per heavy atom. The number of furan rings is 1. The molecule has 2 aliphatic rings. The summed E-state index contributed by atoms with van der Waals surface area (Å²) < 4.78 is 11.3. The third-order valence-electron chi connectivity index (χ3n) is 5.70. The van der Waals surface area contributed by atoms with Crippen LogP contribution in [0.25, 0.3) is 0 Å². The van der Waals surface area contributed by atoms with Gasteiger partial charge in [0.25, 0.3) is 0 Å². The Balaban J connectivity index is 1.55. The molecule has 0 radical (unpaired) electrons. The van der Waals surface area contributed by atoms with Crippen LogP contribution in [0.15, 0.2) is 16.7 Å². The highest BCUT2D eigenvalue weighted by molar-refractivity contribution is 5.36. The summed E-state index contributed by atoms with van der Waals surface area (Å²) >= 11 is 0. The summed E-state index contributed by atoms with van der Waals surface area (Å²) in [7, 11) is 0. The normalized spacial score (nSPS) is 21.9. The minimum absolute atomic E-state index is 0.205. The first-order valence-corrected chi connectivity index (χ1v) is 9.89. The first kappa shape index (κ1) is 18.4. The van der Waals surface area contributed by atoms with Crippen molar-refractivity contribution in [3.8, 4) is 0 Å². The molecule has 0 saturated carbocycles. The van der Waals surface area contributed by atoms with Crippen LogP contribution in [-0.2, 0) is 17.7 Å². The molecule has 1 aliphatic heterocycles. The molecule has 1 atom stereocenters. The van der Waals surface area contributed by atoms with E-state index >= 15 is 0 Å². The maximum atomic E-state index is 5.83. The Labute approximate surface area is 161 Å². The first-order chi connectivity index (χ1) is 12.9. The molecule has 6 nitrogen and oxygen atoms in total. The van der Waals surface area contributed by atoms with E-state index < -0.39 is 0 Å². The van der Waals surface area contributed by atoms with Crippen molar-refractivity contribution < 1.29 is 9.15 Å². The third kappa shape index (κ3) is 4.01. The smallest absolute Gasteiger partial charge is 0.225 e. The lowest BCUT2D eigenvalue weighted by atomic mass is 9.74. The van der Waals surface area contributed by atoms with Crippen LogP contribution in [0.3, 0.4) is 0 Å². The van der Waals surface area contributed by atoms with Crippen LogP contribution in [-0.4, -0.2) is 36.3 Å². The number of nitrogens with zero attached hydrogens (tertiary/aromatic N) is 3.